The molecule has 0 bridgehead atoms. The van der Waals surface area contributed by atoms with Crippen molar-refractivity contribution in [2.45, 2.75) is 12.8 Å². The molecule has 2 aliphatic rings. The van der Waals surface area contributed by atoms with Gasteiger partial charge in [-0.1, -0.05) is 11.6 Å². The molecule has 24 heavy (non-hydrogen) atoms. The van der Waals surface area contributed by atoms with E-state index in [1.54, 1.807) is 17.9 Å². The first-order valence-electron chi connectivity index (χ1n) is 8.43. The van der Waals surface area contributed by atoms with Crippen molar-refractivity contribution < 1.29 is 14.3 Å². The normalized spacial score (nSPS) is 21.6. The summed E-state index contributed by atoms with van der Waals surface area (Å²) >= 11 is 6.07. The molecular formula is C16H25ClN4O3. The number of nitrogens with one attached hydrogen (secondary N) is 1. The van der Waals surface area contributed by atoms with E-state index in [0.717, 1.165) is 58.9 Å². The molecule has 0 atom stereocenters. The first-order valence-corrected chi connectivity index (χ1v) is 8.81. The molecule has 3 rings (SSSR count). The Hall–Kier alpha value is -1.15. The van der Waals surface area contributed by atoms with Gasteiger partial charge in [-0.3, -0.25) is 14.4 Å². The molecule has 7 nitrogen and oxygen atoms in total. The fraction of sp³-hybridized carbons (Fsp3) is 0.750. The Morgan fingerprint density at radius 3 is 2.58 bits per heavy atom. The fourth-order valence-electron chi connectivity index (χ4n) is 3.39. The minimum absolute atomic E-state index is 0.0342. The highest BCUT2D eigenvalue weighted by molar-refractivity contribution is 6.33. The maximum Gasteiger partial charge on any atom is 0.273 e. The van der Waals surface area contributed by atoms with Crippen molar-refractivity contribution in [1.82, 2.24) is 20.0 Å². The van der Waals surface area contributed by atoms with Gasteiger partial charge in [0.1, 0.15) is 0 Å². The van der Waals surface area contributed by atoms with Crippen molar-refractivity contribution in [3.05, 3.63) is 16.9 Å². The largest absolute Gasteiger partial charge is 0.381 e. The molecule has 3 heterocycles. The standard InChI is InChI=1S/C16H25ClN4O3/c1-20-10-13(17)14(19-20)15(22)18-11-16(2-6-23-7-3-16)12-21-4-8-24-9-5-21/h10H,2-9,11-12H2,1H3,(H,18,22). The van der Waals surface area contributed by atoms with Crippen LogP contribution in [0.15, 0.2) is 6.20 Å². The quantitative estimate of drug-likeness (QED) is 0.850. The van der Waals surface area contributed by atoms with Gasteiger partial charge in [-0.2, -0.15) is 5.10 Å². The van der Waals surface area contributed by atoms with Gasteiger partial charge in [0, 0.05) is 58.1 Å². The first kappa shape index (κ1) is 17.7. The predicted molar refractivity (Wildman–Crippen MR) is 90.3 cm³/mol. The summed E-state index contributed by atoms with van der Waals surface area (Å²) in [7, 11) is 1.75. The zero-order valence-corrected chi connectivity index (χ0v) is 14.8. The van der Waals surface area contributed by atoms with Gasteiger partial charge in [-0.05, 0) is 12.8 Å². The van der Waals surface area contributed by atoms with Crippen LogP contribution in [0.5, 0.6) is 0 Å². The van der Waals surface area contributed by atoms with Crippen LogP contribution in [0.25, 0.3) is 0 Å². The van der Waals surface area contributed by atoms with Crippen LogP contribution in [0.1, 0.15) is 23.3 Å². The number of hydrogen-bond acceptors (Lipinski definition) is 5. The molecule has 8 heteroatoms. The summed E-state index contributed by atoms with van der Waals surface area (Å²) in [6.07, 6.45) is 3.52. The highest BCUT2D eigenvalue weighted by Gasteiger charge is 2.35. The monoisotopic (exact) mass is 356 g/mol. The van der Waals surface area contributed by atoms with Gasteiger partial charge in [-0.25, -0.2) is 0 Å². The SMILES string of the molecule is Cn1cc(Cl)c(C(=O)NCC2(CN3CCOCC3)CCOCC2)n1. The second kappa shape index (κ2) is 7.82. The van der Waals surface area contributed by atoms with E-state index in [1.165, 1.54) is 0 Å². The Kier molecular flexibility index (Phi) is 5.76. The molecule has 1 aromatic rings. The molecule has 2 aliphatic heterocycles. The lowest BCUT2D eigenvalue weighted by atomic mass is 9.79. The zero-order valence-electron chi connectivity index (χ0n) is 14.1. The second-order valence-corrected chi connectivity index (χ2v) is 7.09. The molecule has 134 valence electrons. The van der Waals surface area contributed by atoms with E-state index in [9.17, 15) is 4.79 Å². The number of ether oxygens (including phenoxy) is 2. The van der Waals surface area contributed by atoms with Gasteiger partial charge in [-0.15, -0.1) is 0 Å². The van der Waals surface area contributed by atoms with Crippen molar-refractivity contribution >= 4 is 17.5 Å². The summed E-state index contributed by atoms with van der Waals surface area (Å²) in [6.45, 7) is 6.50. The Labute approximate surface area is 147 Å². The van der Waals surface area contributed by atoms with E-state index >= 15 is 0 Å². The number of aromatic nitrogens is 2. The third-order valence-corrected chi connectivity index (χ3v) is 5.12. The Balaban J connectivity index is 1.63. The van der Waals surface area contributed by atoms with Gasteiger partial charge in [0.25, 0.3) is 5.91 Å². The van der Waals surface area contributed by atoms with Gasteiger partial charge in [0.15, 0.2) is 5.69 Å². The average molecular weight is 357 g/mol. The van der Waals surface area contributed by atoms with Gasteiger partial charge >= 0.3 is 0 Å². The number of nitrogens with zero attached hydrogens (tertiary/aromatic N) is 3. The minimum Gasteiger partial charge on any atom is -0.381 e. The van der Waals surface area contributed by atoms with E-state index in [2.05, 4.69) is 15.3 Å². The van der Waals surface area contributed by atoms with Gasteiger partial charge in [0.05, 0.1) is 18.2 Å². The Morgan fingerprint density at radius 1 is 1.29 bits per heavy atom. The van der Waals surface area contributed by atoms with E-state index < -0.39 is 0 Å². The average Bonchev–Trinajstić information content (AvgIpc) is 2.93. The molecule has 0 spiro atoms. The molecule has 1 N–H and O–H groups in total. The van der Waals surface area contributed by atoms with Crippen molar-refractivity contribution in [3.63, 3.8) is 0 Å². The number of carbonyl (C=O) groups is 1. The van der Waals surface area contributed by atoms with Crippen molar-refractivity contribution in [2.24, 2.45) is 12.5 Å². The molecule has 2 saturated heterocycles. The smallest absolute Gasteiger partial charge is 0.273 e. The maximum absolute atomic E-state index is 12.4. The number of morpholine rings is 1. The Bertz CT molecular complexity index is 566. The lowest BCUT2D eigenvalue weighted by Gasteiger charge is -2.42. The fourth-order valence-corrected chi connectivity index (χ4v) is 3.66. The van der Waals surface area contributed by atoms with Crippen LogP contribution >= 0.6 is 11.6 Å². The van der Waals surface area contributed by atoms with Crippen molar-refractivity contribution in [1.29, 1.82) is 0 Å². The van der Waals surface area contributed by atoms with Crippen LogP contribution < -0.4 is 5.32 Å². The Morgan fingerprint density at radius 2 is 1.96 bits per heavy atom. The topological polar surface area (TPSA) is 68.6 Å². The molecule has 0 saturated carbocycles. The summed E-state index contributed by atoms with van der Waals surface area (Å²) in [6, 6.07) is 0. The van der Waals surface area contributed by atoms with Crippen molar-refractivity contribution in [2.75, 3.05) is 52.6 Å². The van der Waals surface area contributed by atoms with Crippen LogP contribution in [-0.4, -0.2) is 73.2 Å². The summed E-state index contributed by atoms with van der Waals surface area (Å²) in [4.78, 5) is 14.8. The molecule has 0 aromatic carbocycles. The molecule has 0 unspecified atom stereocenters. The number of aryl methyl sites for hydroxylation is 1. The van der Waals surface area contributed by atoms with E-state index in [4.69, 9.17) is 21.1 Å². The maximum atomic E-state index is 12.4. The number of hydrogen-bond donors (Lipinski definition) is 1. The number of carbonyl (C=O) groups excluding carboxylic acids is 1. The molecular weight excluding hydrogens is 332 g/mol. The minimum atomic E-state index is -0.214. The number of rotatable bonds is 5. The summed E-state index contributed by atoms with van der Waals surface area (Å²) in [5.41, 5.74) is 0.319. The predicted octanol–water partition coefficient (Wildman–Crippen LogP) is 0.932. The van der Waals surface area contributed by atoms with E-state index in [-0.39, 0.29) is 17.0 Å². The summed E-state index contributed by atoms with van der Waals surface area (Å²) in [5, 5.41) is 7.55. The molecule has 0 radical (unpaired) electrons. The highest BCUT2D eigenvalue weighted by Crippen LogP contribution is 2.31. The molecule has 2 fully saturated rings. The van der Waals surface area contributed by atoms with Crippen LogP contribution in [0.4, 0.5) is 0 Å². The van der Waals surface area contributed by atoms with Gasteiger partial charge < -0.3 is 14.8 Å². The summed E-state index contributed by atoms with van der Waals surface area (Å²) < 4.78 is 12.5. The molecule has 1 amide bonds. The van der Waals surface area contributed by atoms with E-state index in [0.29, 0.717) is 11.6 Å². The second-order valence-electron chi connectivity index (χ2n) is 6.68. The zero-order chi connectivity index (χ0) is 17.0. The lowest BCUT2D eigenvalue weighted by Crippen LogP contribution is -2.50. The molecule has 0 aliphatic carbocycles. The van der Waals surface area contributed by atoms with Crippen LogP contribution in [-0.2, 0) is 16.5 Å². The third kappa shape index (κ3) is 4.27. The van der Waals surface area contributed by atoms with Crippen molar-refractivity contribution in [3.8, 4) is 0 Å². The van der Waals surface area contributed by atoms with Gasteiger partial charge in [0.2, 0.25) is 0 Å². The highest BCUT2D eigenvalue weighted by atomic mass is 35.5. The molecule has 1 aromatic heterocycles. The first-order chi connectivity index (χ1) is 11.6. The number of amides is 1. The van der Waals surface area contributed by atoms with Crippen LogP contribution in [0, 0.1) is 5.41 Å². The van der Waals surface area contributed by atoms with E-state index in [1.807, 2.05) is 0 Å². The summed E-state index contributed by atoms with van der Waals surface area (Å²) in [5.74, 6) is -0.214. The number of halogens is 1. The van der Waals surface area contributed by atoms with Crippen LogP contribution in [0.3, 0.4) is 0 Å². The van der Waals surface area contributed by atoms with Crippen LogP contribution in [0.2, 0.25) is 5.02 Å². The third-order valence-electron chi connectivity index (χ3n) is 4.84. The lowest BCUT2D eigenvalue weighted by molar-refractivity contribution is -0.0283.